The Morgan fingerprint density at radius 3 is 2.71 bits per heavy atom. The SMILES string of the molecule is O=[N+]([O-])c1cc(Cl)ccc1NCc1ccccc1C1CC1. The van der Waals surface area contributed by atoms with Gasteiger partial charge in [-0.15, -0.1) is 0 Å². The minimum Gasteiger partial charge on any atom is -0.375 e. The van der Waals surface area contributed by atoms with E-state index < -0.39 is 4.92 Å². The van der Waals surface area contributed by atoms with Gasteiger partial charge < -0.3 is 5.32 Å². The summed E-state index contributed by atoms with van der Waals surface area (Å²) in [5, 5.41) is 14.6. The average Bonchev–Trinajstić information content (AvgIpc) is 3.30. The highest BCUT2D eigenvalue weighted by Crippen LogP contribution is 2.41. The van der Waals surface area contributed by atoms with Crippen molar-refractivity contribution in [1.29, 1.82) is 0 Å². The Kier molecular flexibility index (Phi) is 3.80. The molecule has 1 fully saturated rings. The molecule has 4 nitrogen and oxygen atoms in total. The monoisotopic (exact) mass is 302 g/mol. The quantitative estimate of drug-likeness (QED) is 0.641. The Balaban J connectivity index is 1.81. The summed E-state index contributed by atoms with van der Waals surface area (Å²) >= 11 is 5.82. The molecule has 5 heteroatoms. The lowest BCUT2D eigenvalue weighted by atomic mass is 10.0. The first-order valence-electron chi connectivity index (χ1n) is 6.91. The van der Waals surface area contributed by atoms with E-state index in [1.54, 1.807) is 12.1 Å². The second-order valence-corrected chi connectivity index (χ2v) is 5.68. The Labute approximate surface area is 127 Å². The van der Waals surface area contributed by atoms with Crippen LogP contribution in [0.1, 0.15) is 29.9 Å². The van der Waals surface area contributed by atoms with Crippen LogP contribution in [0.5, 0.6) is 0 Å². The second-order valence-electron chi connectivity index (χ2n) is 5.25. The maximum absolute atomic E-state index is 11.1. The molecule has 0 saturated heterocycles. The van der Waals surface area contributed by atoms with E-state index in [0.717, 1.165) is 0 Å². The molecular weight excluding hydrogens is 288 g/mol. The van der Waals surface area contributed by atoms with Crippen molar-refractivity contribution in [3.05, 3.63) is 68.7 Å². The van der Waals surface area contributed by atoms with Crippen LogP contribution in [0.3, 0.4) is 0 Å². The largest absolute Gasteiger partial charge is 0.375 e. The zero-order chi connectivity index (χ0) is 14.8. The summed E-state index contributed by atoms with van der Waals surface area (Å²) in [5.74, 6) is 0.656. The van der Waals surface area contributed by atoms with Gasteiger partial charge in [0.15, 0.2) is 0 Å². The van der Waals surface area contributed by atoms with E-state index in [-0.39, 0.29) is 5.69 Å². The highest BCUT2D eigenvalue weighted by molar-refractivity contribution is 6.30. The number of nitrogens with one attached hydrogen (secondary N) is 1. The van der Waals surface area contributed by atoms with Crippen molar-refractivity contribution in [2.24, 2.45) is 0 Å². The van der Waals surface area contributed by atoms with Crippen LogP contribution in [0.4, 0.5) is 11.4 Å². The number of nitrogens with zero attached hydrogens (tertiary/aromatic N) is 1. The summed E-state index contributed by atoms with van der Waals surface area (Å²) in [6.07, 6.45) is 2.47. The molecule has 0 aromatic heterocycles. The van der Waals surface area contributed by atoms with Gasteiger partial charge >= 0.3 is 0 Å². The smallest absolute Gasteiger partial charge is 0.293 e. The molecule has 0 bridgehead atoms. The summed E-state index contributed by atoms with van der Waals surface area (Å²) in [6, 6.07) is 12.9. The van der Waals surface area contributed by atoms with E-state index in [9.17, 15) is 10.1 Å². The number of hydrogen-bond donors (Lipinski definition) is 1. The maximum atomic E-state index is 11.1. The van der Waals surface area contributed by atoms with Gasteiger partial charge in [0.05, 0.1) is 4.92 Å². The van der Waals surface area contributed by atoms with Gasteiger partial charge in [-0.05, 0) is 42.0 Å². The van der Waals surface area contributed by atoms with Crippen LogP contribution in [0.2, 0.25) is 5.02 Å². The third-order valence-corrected chi connectivity index (χ3v) is 3.93. The fourth-order valence-corrected chi connectivity index (χ4v) is 2.65. The van der Waals surface area contributed by atoms with E-state index in [1.165, 1.54) is 30.0 Å². The molecular formula is C16H15ClN2O2. The highest BCUT2D eigenvalue weighted by Gasteiger charge is 2.25. The number of hydrogen-bond acceptors (Lipinski definition) is 3. The van der Waals surface area contributed by atoms with Crippen molar-refractivity contribution < 1.29 is 4.92 Å². The molecule has 1 N–H and O–H groups in total. The third kappa shape index (κ3) is 3.16. The van der Waals surface area contributed by atoms with Gasteiger partial charge in [0.2, 0.25) is 0 Å². The van der Waals surface area contributed by atoms with Crippen LogP contribution >= 0.6 is 11.6 Å². The molecule has 1 saturated carbocycles. The van der Waals surface area contributed by atoms with Crippen LogP contribution in [-0.4, -0.2) is 4.92 Å². The molecule has 21 heavy (non-hydrogen) atoms. The molecule has 0 heterocycles. The topological polar surface area (TPSA) is 55.2 Å². The van der Waals surface area contributed by atoms with Gasteiger partial charge in [0.1, 0.15) is 5.69 Å². The molecule has 3 rings (SSSR count). The van der Waals surface area contributed by atoms with E-state index in [1.807, 2.05) is 12.1 Å². The van der Waals surface area contributed by atoms with Crippen LogP contribution in [0.25, 0.3) is 0 Å². The van der Waals surface area contributed by atoms with Crippen LogP contribution in [0, 0.1) is 10.1 Å². The lowest BCUT2D eigenvalue weighted by molar-refractivity contribution is -0.383. The minimum atomic E-state index is -0.416. The average molecular weight is 303 g/mol. The van der Waals surface area contributed by atoms with Gasteiger partial charge in [0.25, 0.3) is 5.69 Å². The lowest BCUT2D eigenvalue weighted by Crippen LogP contribution is -2.04. The number of nitro benzene ring substituents is 1. The van der Waals surface area contributed by atoms with E-state index >= 15 is 0 Å². The van der Waals surface area contributed by atoms with Crippen molar-refractivity contribution in [3.63, 3.8) is 0 Å². The standard InChI is InChI=1S/C16H15ClN2O2/c17-13-7-8-15(16(9-13)19(20)21)18-10-12-3-1-2-4-14(12)11-5-6-11/h1-4,7-9,11,18H,5-6,10H2. The molecule has 1 aliphatic carbocycles. The zero-order valence-electron chi connectivity index (χ0n) is 11.4. The molecule has 2 aromatic rings. The maximum Gasteiger partial charge on any atom is 0.293 e. The Bertz CT molecular complexity index is 684. The van der Waals surface area contributed by atoms with E-state index in [2.05, 4.69) is 17.4 Å². The number of rotatable bonds is 5. The Morgan fingerprint density at radius 1 is 1.24 bits per heavy atom. The summed E-state index contributed by atoms with van der Waals surface area (Å²) < 4.78 is 0. The van der Waals surface area contributed by atoms with Crippen LogP contribution in [0.15, 0.2) is 42.5 Å². The summed E-state index contributed by atoms with van der Waals surface area (Å²) in [6.45, 7) is 0.579. The third-order valence-electron chi connectivity index (χ3n) is 3.70. The minimum absolute atomic E-state index is 0.00593. The number of nitro groups is 1. The van der Waals surface area contributed by atoms with E-state index in [4.69, 9.17) is 11.6 Å². The Morgan fingerprint density at radius 2 is 2.00 bits per heavy atom. The molecule has 0 spiro atoms. The summed E-state index contributed by atoms with van der Waals surface area (Å²) in [7, 11) is 0. The number of benzene rings is 2. The molecule has 0 atom stereocenters. The molecule has 108 valence electrons. The van der Waals surface area contributed by atoms with Crippen LogP contribution in [-0.2, 0) is 6.54 Å². The summed E-state index contributed by atoms with van der Waals surface area (Å²) in [5.41, 5.74) is 3.05. The van der Waals surface area contributed by atoms with Crippen LogP contribution < -0.4 is 5.32 Å². The predicted octanol–water partition coefficient (Wildman–Crippen LogP) is 4.74. The molecule has 0 aliphatic heterocycles. The van der Waals surface area contributed by atoms with Gasteiger partial charge in [-0.2, -0.15) is 0 Å². The first kappa shape index (κ1) is 13.9. The molecule has 0 amide bonds. The molecule has 0 radical (unpaired) electrons. The van der Waals surface area contributed by atoms with Crippen molar-refractivity contribution >= 4 is 23.0 Å². The molecule has 0 unspecified atom stereocenters. The van der Waals surface area contributed by atoms with Crippen molar-refractivity contribution in [2.75, 3.05) is 5.32 Å². The van der Waals surface area contributed by atoms with Gasteiger partial charge in [-0.25, -0.2) is 0 Å². The van der Waals surface area contributed by atoms with Gasteiger partial charge in [-0.3, -0.25) is 10.1 Å². The Hall–Kier alpha value is -2.07. The predicted molar refractivity (Wildman–Crippen MR) is 83.9 cm³/mol. The zero-order valence-corrected chi connectivity index (χ0v) is 12.1. The fourth-order valence-electron chi connectivity index (χ4n) is 2.48. The summed E-state index contributed by atoms with van der Waals surface area (Å²) in [4.78, 5) is 10.7. The first-order chi connectivity index (χ1) is 10.1. The number of anilines is 1. The van der Waals surface area contributed by atoms with Crippen molar-refractivity contribution in [2.45, 2.75) is 25.3 Å². The van der Waals surface area contributed by atoms with Gasteiger partial charge in [-0.1, -0.05) is 35.9 Å². The normalized spacial score (nSPS) is 14.0. The number of halogens is 1. The van der Waals surface area contributed by atoms with Crippen molar-refractivity contribution in [1.82, 2.24) is 0 Å². The fraction of sp³-hybridized carbons (Fsp3) is 0.250. The first-order valence-corrected chi connectivity index (χ1v) is 7.28. The second kappa shape index (κ2) is 5.74. The highest BCUT2D eigenvalue weighted by atomic mass is 35.5. The molecule has 1 aliphatic rings. The molecule has 2 aromatic carbocycles. The van der Waals surface area contributed by atoms with Gasteiger partial charge in [0, 0.05) is 17.6 Å². The lowest BCUT2D eigenvalue weighted by Gasteiger charge is -2.11. The van der Waals surface area contributed by atoms with E-state index in [0.29, 0.717) is 23.2 Å². The van der Waals surface area contributed by atoms with Crippen molar-refractivity contribution in [3.8, 4) is 0 Å².